The smallest absolute Gasteiger partial charge is 0.460 e. The van der Waals surface area contributed by atoms with Gasteiger partial charge in [-0.05, 0) is 49.4 Å². The Kier molecular flexibility index (Phi) is 10.1. The summed E-state index contributed by atoms with van der Waals surface area (Å²) in [5, 5.41) is 0.183. The average molecular weight is 677 g/mol. The van der Waals surface area contributed by atoms with Crippen LogP contribution >= 0.6 is 11.6 Å². The van der Waals surface area contributed by atoms with Crippen molar-refractivity contribution in [2.75, 3.05) is 24.5 Å². The lowest BCUT2D eigenvalue weighted by Gasteiger charge is -2.32. The number of hydrogen-bond donors (Lipinski definition) is 0. The lowest BCUT2D eigenvalue weighted by molar-refractivity contribution is -0.345. The van der Waals surface area contributed by atoms with Gasteiger partial charge in [0.25, 0.3) is 15.9 Å². The average Bonchev–Trinajstić information content (AvgIpc) is 2.94. The largest absolute Gasteiger partial charge is 0.491 e. The third-order valence-corrected chi connectivity index (χ3v) is 8.44. The lowest BCUT2D eigenvalue weighted by Crippen LogP contribution is -2.59. The molecule has 17 heteroatoms. The van der Waals surface area contributed by atoms with Crippen LogP contribution in [-0.4, -0.2) is 57.4 Å². The van der Waals surface area contributed by atoms with E-state index in [1.807, 2.05) is 0 Å². The first-order chi connectivity index (χ1) is 20.2. The Labute approximate surface area is 250 Å². The Bertz CT molecular complexity index is 1600. The molecule has 3 aromatic rings. The molecule has 44 heavy (non-hydrogen) atoms. The SMILES string of the molecule is CC(c1ccccc1OCCN(C)C(=O)C(F)(F)C(F)(F)C(F)(F)F)N(c1cc(F)ccc1F)S(=O)(=O)c1ccc(Cl)cc1. The number of halogens is 10. The summed E-state index contributed by atoms with van der Waals surface area (Å²) in [5.74, 6) is -17.9. The van der Waals surface area contributed by atoms with Gasteiger partial charge in [-0.25, -0.2) is 17.2 Å². The van der Waals surface area contributed by atoms with Gasteiger partial charge < -0.3 is 9.64 Å². The van der Waals surface area contributed by atoms with Gasteiger partial charge in [0.2, 0.25) is 0 Å². The predicted octanol–water partition coefficient (Wildman–Crippen LogP) is 7.24. The summed E-state index contributed by atoms with van der Waals surface area (Å²) >= 11 is 5.85. The number of para-hydroxylation sites is 1. The maximum atomic E-state index is 15.0. The summed E-state index contributed by atoms with van der Waals surface area (Å²) in [6, 6.07) is 10.9. The van der Waals surface area contributed by atoms with Crippen LogP contribution in [0.2, 0.25) is 5.02 Å². The van der Waals surface area contributed by atoms with Crippen LogP contribution in [0.4, 0.5) is 45.2 Å². The zero-order valence-electron chi connectivity index (χ0n) is 22.6. The number of nitrogens with zero attached hydrogens (tertiary/aromatic N) is 2. The van der Waals surface area contributed by atoms with Gasteiger partial charge in [-0.2, -0.15) is 30.7 Å². The summed E-state index contributed by atoms with van der Waals surface area (Å²) in [5.41, 5.74) is -0.683. The van der Waals surface area contributed by atoms with Crippen LogP contribution in [0.1, 0.15) is 18.5 Å². The van der Waals surface area contributed by atoms with Crippen molar-refractivity contribution in [2.24, 2.45) is 0 Å². The minimum absolute atomic E-state index is 0.0108. The second-order valence-electron chi connectivity index (χ2n) is 9.29. The van der Waals surface area contributed by atoms with E-state index < -0.39 is 70.5 Å². The van der Waals surface area contributed by atoms with Crippen LogP contribution in [-0.2, 0) is 14.8 Å². The Hall–Kier alpha value is -3.66. The van der Waals surface area contributed by atoms with Crippen molar-refractivity contribution in [3.05, 3.63) is 89.0 Å². The molecule has 0 radical (unpaired) electrons. The van der Waals surface area contributed by atoms with Crippen molar-refractivity contribution in [2.45, 2.75) is 35.9 Å². The topological polar surface area (TPSA) is 66.9 Å². The highest BCUT2D eigenvalue weighted by molar-refractivity contribution is 7.92. The number of hydrogen-bond acceptors (Lipinski definition) is 4. The van der Waals surface area contributed by atoms with E-state index in [1.54, 1.807) is 0 Å². The molecular formula is C27H22ClF9N2O4S. The highest BCUT2D eigenvalue weighted by atomic mass is 35.5. The molecule has 0 saturated carbocycles. The zero-order valence-corrected chi connectivity index (χ0v) is 24.1. The highest BCUT2D eigenvalue weighted by Crippen LogP contribution is 2.47. The third kappa shape index (κ3) is 6.85. The van der Waals surface area contributed by atoms with Crippen molar-refractivity contribution < 1.29 is 57.5 Å². The van der Waals surface area contributed by atoms with E-state index in [1.165, 1.54) is 43.3 Å². The molecule has 1 unspecified atom stereocenters. The van der Waals surface area contributed by atoms with Crippen LogP contribution < -0.4 is 9.04 Å². The van der Waals surface area contributed by atoms with E-state index in [4.69, 9.17) is 16.3 Å². The Balaban J connectivity index is 1.93. The molecule has 240 valence electrons. The highest BCUT2D eigenvalue weighted by Gasteiger charge is 2.76. The quantitative estimate of drug-likeness (QED) is 0.201. The summed E-state index contributed by atoms with van der Waals surface area (Å²) in [6.07, 6.45) is -6.71. The first-order valence-electron chi connectivity index (χ1n) is 12.3. The number of amides is 1. The van der Waals surface area contributed by atoms with Gasteiger partial charge in [-0.1, -0.05) is 29.8 Å². The molecule has 0 heterocycles. The second-order valence-corrected chi connectivity index (χ2v) is 11.5. The van der Waals surface area contributed by atoms with Gasteiger partial charge in [-0.15, -0.1) is 0 Å². The predicted molar refractivity (Wildman–Crippen MR) is 141 cm³/mol. The first-order valence-corrected chi connectivity index (χ1v) is 14.1. The van der Waals surface area contributed by atoms with Gasteiger partial charge in [0, 0.05) is 23.7 Å². The zero-order chi connectivity index (χ0) is 33.3. The van der Waals surface area contributed by atoms with Crippen molar-refractivity contribution in [3.63, 3.8) is 0 Å². The molecule has 0 aliphatic heterocycles. The van der Waals surface area contributed by atoms with Crippen LogP contribution in [0, 0.1) is 11.6 Å². The molecule has 6 nitrogen and oxygen atoms in total. The minimum Gasteiger partial charge on any atom is -0.491 e. The van der Waals surface area contributed by atoms with Crippen LogP contribution in [0.5, 0.6) is 5.75 Å². The Morgan fingerprint density at radius 2 is 1.52 bits per heavy atom. The molecule has 0 aliphatic rings. The van der Waals surface area contributed by atoms with Crippen LogP contribution in [0.15, 0.2) is 71.6 Å². The van der Waals surface area contributed by atoms with E-state index >= 15 is 0 Å². The summed E-state index contributed by atoms with van der Waals surface area (Å²) in [4.78, 5) is 11.4. The number of carbonyl (C=O) groups excluding carboxylic acids is 1. The number of carbonyl (C=O) groups is 1. The number of rotatable bonds is 11. The first kappa shape index (κ1) is 34.8. The molecule has 3 rings (SSSR count). The molecule has 1 atom stereocenters. The Morgan fingerprint density at radius 3 is 2.11 bits per heavy atom. The van der Waals surface area contributed by atoms with Crippen molar-refractivity contribution >= 4 is 33.2 Å². The molecule has 3 aromatic carbocycles. The number of anilines is 1. The van der Waals surface area contributed by atoms with Crippen molar-refractivity contribution in [1.29, 1.82) is 0 Å². The number of benzene rings is 3. The fourth-order valence-corrected chi connectivity index (χ4v) is 5.71. The van der Waals surface area contributed by atoms with E-state index in [0.29, 0.717) is 23.5 Å². The van der Waals surface area contributed by atoms with Gasteiger partial charge in [-0.3, -0.25) is 9.10 Å². The third-order valence-electron chi connectivity index (χ3n) is 6.29. The number of ether oxygens (including phenoxy) is 1. The van der Waals surface area contributed by atoms with E-state index in [2.05, 4.69) is 0 Å². The van der Waals surface area contributed by atoms with Crippen LogP contribution in [0.3, 0.4) is 0 Å². The van der Waals surface area contributed by atoms with Crippen LogP contribution in [0.25, 0.3) is 0 Å². The second kappa shape index (κ2) is 12.8. The Morgan fingerprint density at radius 1 is 0.932 bits per heavy atom. The van der Waals surface area contributed by atoms with E-state index in [0.717, 1.165) is 18.2 Å². The molecule has 1 amide bonds. The van der Waals surface area contributed by atoms with Gasteiger partial charge in [0.15, 0.2) is 0 Å². The van der Waals surface area contributed by atoms with E-state index in [9.17, 15) is 52.7 Å². The van der Waals surface area contributed by atoms with Crippen molar-refractivity contribution in [1.82, 2.24) is 4.90 Å². The van der Waals surface area contributed by atoms with Gasteiger partial charge >= 0.3 is 18.0 Å². The molecular weight excluding hydrogens is 655 g/mol. The minimum atomic E-state index is -6.71. The fraction of sp³-hybridized carbons (Fsp3) is 0.296. The summed E-state index contributed by atoms with van der Waals surface area (Å²) < 4.78 is 154. The molecule has 0 spiro atoms. The lowest BCUT2D eigenvalue weighted by atomic mass is 10.1. The number of likely N-dealkylation sites (N-methyl/N-ethyl adjacent to an activating group) is 1. The maximum Gasteiger partial charge on any atom is 0.460 e. The summed E-state index contributed by atoms with van der Waals surface area (Å²) in [7, 11) is -4.10. The number of sulfonamides is 1. The standard InChI is InChI=1S/C27H22ClF9N2O4S/c1-16(39(22-15-18(29)9-12-21(22)30)44(41,42)19-10-7-17(28)8-11-19)20-5-3-4-6-23(20)43-14-13-38(2)24(40)25(31,32)26(33,34)27(35,36)37/h3-12,15-16H,13-14H2,1-2H3. The molecule has 0 bridgehead atoms. The maximum absolute atomic E-state index is 15.0. The molecule has 0 aromatic heterocycles. The molecule has 0 aliphatic carbocycles. The fourth-order valence-electron chi connectivity index (χ4n) is 3.95. The van der Waals surface area contributed by atoms with Gasteiger partial charge in [0.05, 0.1) is 23.2 Å². The normalized spacial score (nSPS) is 13.4. The van der Waals surface area contributed by atoms with Gasteiger partial charge in [0.1, 0.15) is 24.0 Å². The molecule has 0 saturated heterocycles. The van der Waals surface area contributed by atoms with E-state index in [-0.39, 0.29) is 26.1 Å². The number of alkyl halides is 7. The van der Waals surface area contributed by atoms with Crippen molar-refractivity contribution in [3.8, 4) is 5.75 Å². The monoisotopic (exact) mass is 676 g/mol. The summed E-state index contributed by atoms with van der Waals surface area (Å²) in [6.45, 7) is -0.357. The molecule has 0 fully saturated rings. The molecule has 0 N–H and O–H groups in total.